The highest BCUT2D eigenvalue weighted by Gasteiger charge is 2.23. The molecule has 1 amide bonds. The van der Waals surface area contributed by atoms with Gasteiger partial charge in [0.05, 0.1) is 5.39 Å². The molecule has 1 heterocycles. The van der Waals surface area contributed by atoms with Crippen molar-refractivity contribution in [1.82, 2.24) is 0 Å². The van der Waals surface area contributed by atoms with Crippen LogP contribution in [0.2, 0.25) is 10.0 Å². The summed E-state index contributed by atoms with van der Waals surface area (Å²) in [5.74, 6) is -0.275. The molecule has 0 aliphatic carbocycles. The van der Waals surface area contributed by atoms with E-state index in [0.717, 1.165) is 0 Å². The standard InChI is InChI=1S/C24H17Cl2NO4/c1-14(24(29)27-18-5-3-2-4-6-18)30-23-21(28)19-13-17(26)11-12-20(19)31-22(23)15-7-9-16(25)10-8-15/h2-14H,1H3,(H,27,29). The van der Waals surface area contributed by atoms with Gasteiger partial charge in [-0.05, 0) is 61.5 Å². The zero-order chi connectivity index (χ0) is 22.0. The molecule has 3 aromatic carbocycles. The van der Waals surface area contributed by atoms with Crippen molar-refractivity contribution in [2.24, 2.45) is 0 Å². The molecule has 31 heavy (non-hydrogen) atoms. The molecule has 0 saturated carbocycles. The quantitative estimate of drug-likeness (QED) is 0.392. The van der Waals surface area contributed by atoms with E-state index in [1.54, 1.807) is 55.5 Å². The van der Waals surface area contributed by atoms with Gasteiger partial charge < -0.3 is 14.5 Å². The highest BCUT2D eigenvalue weighted by molar-refractivity contribution is 6.31. The summed E-state index contributed by atoms with van der Waals surface area (Å²) in [6, 6.07) is 20.5. The molecule has 1 aromatic heterocycles. The van der Waals surface area contributed by atoms with Crippen LogP contribution >= 0.6 is 23.2 Å². The van der Waals surface area contributed by atoms with Crippen molar-refractivity contribution >= 4 is 45.8 Å². The molecule has 4 rings (SSSR count). The summed E-state index contributed by atoms with van der Waals surface area (Å²) in [4.78, 5) is 25.9. The second-order valence-corrected chi connectivity index (χ2v) is 7.73. The third kappa shape index (κ3) is 4.58. The van der Waals surface area contributed by atoms with Crippen LogP contribution in [-0.4, -0.2) is 12.0 Å². The molecule has 0 aliphatic rings. The minimum Gasteiger partial charge on any atom is -0.473 e. The van der Waals surface area contributed by atoms with Crippen molar-refractivity contribution in [2.45, 2.75) is 13.0 Å². The summed E-state index contributed by atoms with van der Waals surface area (Å²) in [6.45, 7) is 1.56. The van der Waals surface area contributed by atoms with Crippen LogP contribution in [0.25, 0.3) is 22.3 Å². The Morgan fingerprint density at radius 3 is 2.35 bits per heavy atom. The zero-order valence-electron chi connectivity index (χ0n) is 16.4. The maximum absolute atomic E-state index is 13.3. The molecular weight excluding hydrogens is 437 g/mol. The van der Waals surface area contributed by atoms with Gasteiger partial charge in [0.25, 0.3) is 5.91 Å². The molecule has 1 atom stereocenters. The number of carbonyl (C=O) groups excluding carboxylic acids is 1. The molecular formula is C24H17Cl2NO4. The van der Waals surface area contributed by atoms with Crippen LogP contribution < -0.4 is 15.5 Å². The van der Waals surface area contributed by atoms with Crippen molar-refractivity contribution in [3.05, 3.63) is 93.1 Å². The molecule has 0 radical (unpaired) electrons. The van der Waals surface area contributed by atoms with Crippen LogP contribution in [0.1, 0.15) is 6.92 Å². The third-order valence-electron chi connectivity index (χ3n) is 4.62. The largest absolute Gasteiger partial charge is 0.473 e. The van der Waals surface area contributed by atoms with Crippen molar-refractivity contribution in [3.8, 4) is 17.1 Å². The first kappa shape index (κ1) is 21.0. The van der Waals surface area contributed by atoms with Crippen LogP contribution in [0.3, 0.4) is 0 Å². The smallest absolute Gasteiger partial charge is 0.265 e. The molecule has 1 N–H and O–H groups in total. The Labute approximate surface area is 188 Å². The van der Waals surface area contributed by atoms with E-state index in [9.17, 15) is 9.59 Å². The maximum atomic E-state index is 13.3. The van der Waals surface area contributed by atoms with Gasteiger partial charge in [-0.15, -0.1) is 0 Å². The number of para-hydroxylation sites is 1. The number of nitrogens with one attached hydrogen (secondary N) is 1. The number of hydrogen-bond acceptors (Lipinski definition) is 4. The highest BCUT2D eigenvalue weighted by Crippen LogP contribution is 2.33. The predicted octanol–water partition coefficient (Wildman–Crippen LogP) is 6.17. The van der Waals surface area contributed by atoms with E-state index in [0.29, 0.717) is 26.9 Å². The lowest BCUT2D eigenvalue weighted by atomic mass is 10.1. The number of hydrogen-bond donors (Lipinski definition) is 1. The van der Waals surface area contributed by atoms with E-state index in [4.69, 9.17) is 32.4 Å². The van der Waals surface area contributed by atoms with E-state index in [2.05, 4.69) is 5.32 Å². The lowest BCUT2D eigenvalue weighted by Crippen LogP contribution is -2.31. The fourth-order valence-electron chi connectivity index (χ4n) is 3.04. The lowest BCUT2D eigenvalue weighted by molar-refractivity contribution is -0.122. The van der Waals surface area contributed by atoms with E-state index in [1.165, 1.54) is 6.07 Å². The third-order valence-corrected chi connectivity index (χ3v) is 5.11. The highest BCUT2D eigenvalue weighted by atomic mass is 35.5. The predicted molar refractivity (Wildman–Crippen MR) is 123 cm³/mol. The van der Waals surface area contributed by atoms with Crippen LogP contribution in [-0.2, 0) is 4.79 Å². The number of carbonyl (C=O) groups is 1. The SMILES string of the molecule is CC(Oc1c(-c2ccc(Cl)cc2)oc2ccc(Cl)cc2c1=O)C(=O)Nc1ccccc1. The van der Waals surface area contributed by atoms with Gasteiger partial charge in [0, 0.05) is 21.3 Å². The number of amides is 1. The molecule has 156 valence electrons. The Kier molecular flexibility index (Phi) is 5.98. The molecule has 4 aromatic rings. The summed E-state index contributed by atoms with van der Waals surface area (Å²) in [5.41, 5.74) is 1.14. The Morgan fingerprint density at radius 2 is 1.65 bits per heavy atom. The first-order valence-corrected chi connectivity index (χ1v) is 10.2. The average Bonchev–Trinajstić information content (AvgIpc) is 2.77. The van der Waals surface area contributed by atoms with E-state index >= 15 is 0 Å². The van der Waals surface area contributed by atoms with E-state index < -0.39 is 17.4 Å². The first-order chi connectivity index (χ1) is 14.9. The van der Waals surface area contributed by atoms with Gasteiger partial charge in [0.1, 0.15) is 5.58 Å². The van der Waals surface area contributed by atoms with E-state index in [-0.39, 0.29) is 16.9 Å². The van der Waals surface area contributed by atoms with Crippen LogP contribution in [0, 0.1) is 0 Å². The summed E-state index contributed by atoms with van der Waals surface area (Å²) in [6.07, 6.45) is -0.967. The monoisotopic (exact) mass is 453 g/mol. The topological polar surface area (TPSA) is 68.5 Å². The Morgan fingerprint density at radius 1 is 0.968 bits per heavy atom. The minimum atomic E-state index is -0.967. The minimum absolute atomic E-state index is 0.0761. The van der Waals surface area contributed by atoms with Crippen LogP contribution in [0.5, 0.6) is 5.75 Å². The van der Waals surface area contributed by atoms with E-state index in [1.807, 2.05) is 18.2 Å². The summed E-state index contributed by atoms with van der Waals surface area (Å²) < 4.78 is 11.8. The van der Waals surface area contributed by atoms with Gasteiger partial charge in [0.15, 0.2) is 11.9 Å². The molecule has 0 saturated heterocycles. The number of halogens is 2. The van der Waals surface area contributed by atoms with Crippen molar-refractivity contribution in [2.75, 3.05) is 5.32 Å². The van der Waals surface area contributed by atoms with Gasteiger partial charge in [-0.25, -0.2) is 0 Å². The zero-order valence-corrected chi connectivity index (χ0v) is 17.9. The first-order valence-electron chi connectivity index (χ1n) is 9.47. The van der Waals surface area contributed by atoms with Crippen molar-refractivity contribution in [1.29, 1.82) is 0 Å². The Bertz CT molecular complexity index is 1300. The Balaban J connectivity index is 1.76. The molecule has 7 heteroatoms. The maximum Gasteiger partial charge on any atom is 0.265 e. The molecule has 0 bridgehead atoms. The summed E-state index contributed by atoms with van der Waals surface area (Å²) >= 11 is 12.1. The molecule has 1 unspecified atom stereocenters. The second kappa shape index (κ2) is 8.84. The van der Waals surface area contributed by atoms with Crippen molar-refractivity contribution in [3.63, 3.8) is 0 Å². The van der Waals surface area contributed by atoms with Crippen molar-refractivity contribution < 1.29 is 13.9 Å². The normalized spacial score (nSPS) is 11.8. The second-order valence-electron chi connectivity index (χ2n) is 6.85. The van der Waals surface area contributed by atoms with Gasteiger partial charge in [-0.2, -0.15) is 0 Å². The average molecular weight is 454 g/mol. The number of rotatable bonds is 5. The number of anilines is 1. The molecule has 0 spiro atoms. The van der Waals surface area contributed by atoms with Gasteiger partial charge in [-0.3, -0.25) is 9.59 Å². The fraction of sp³-hybridized carbons (Fsp3) is 0.0833. The molecule has 0 aliphatic heterocycles. The molecule has 0 fully saturated rings. The van der Waals surface area contributed by atoms with Gasteiger partial charge in [-0.1, -0.05) is 41.4 Å². The summed E-state index contributed by atoms with van der Waals surface area (Å²) in [7, 11) is 0. The number of ether oxygens (including phenoxy) is 1. The van der Waals surface area contributed by atoms with Gasteiger partial charge >= 0.3 is 0 Å². The number of fused-ring (bicyclic) bond motifs is 1. The molecule has 5 nitrogen and oxygen atoms in total. The van der Waals surface area contributed by atoms with Gasteiger partial charge in [0.2, 0.25) is 11.2 Å². The Hall–Kier alpha value is -3.28. The number of benzene rings is 3. The van der Waals surface area contributed by atoms with Crippen LogP contribution in [0.4, 0.5) is 5.69 Å². The lowest BCUT2D eigenvalue weighted by Gasteiger charge is -2.17. The van der Waals surface area contributed by atoms with Crippen LogP contribution in [0.15, 0.2) is 82.0 Å². The summed E-state index contributed by atoms with van der Waals surface area (Å²) in [5, 5.41) is 3.95. The fourth-order valence-corrected chi connectivity index (χ4v) is 3.34.